The highest BCUT2D eigenvalue weighted by molar-refractivity contribution is 6.26. The Hall–Kier alpha value is -2.70. The third-order valence-electron chi connectivity index (χ3n) is 6.52. The lowest BCUT2D eigenvalue weighted by molar-refractivity contribution is -0.131. The van der Waals surface area contributed by atoms with Crippen LogP contribution in [-0.2, 0) is 9.59 Å². The summed E-state index contributed by atoms with van der Waals surface area (Å²) < 4.78 is 5.50. The lowest BCUT2D eigenvalue weighted by Gasteiger charge is -2.33. The van der Waals surface area contributed by atoms with E-state index >= 15 is 0 Å². The van der Waals surface area contributed by atoms with Crippen LogP contribution >= 0.6 is 0 Å². The molecule has 0 N–H and O–H groups in total. The second kappa shape index (κ2) is 6.68. The molecule has 0 aromatic heterocycles. The quantitative estimate of drug-likeness (QED) is 0.750. The summed E-state index contributed by atoms with van der Waals surface area (Å²) in [5, 5.41) is 4.38. The number of carbonyl (C=O) groups is 2. The maximum atomic E-state index is 13.7. The summed E-state index contributed by atoms with van der Waals surface area (Å²) in [6.45, 7) is 6.11. The number of benzene rings is 2. The smallest absolute Gasteiger partial charge is 0.256 e. The van der Waals surface area contributed by atoms with Crippen LogP contribution in [0.25, 0.3) is 0 Å². The van der Waals surface area contributed by atoms with Crippen molar-refractivity contribution in [1.29, 1.82) is 0 Å². The van der Waals surface area contributed by atoms with Crippen molar-refractivity contribution in [3.63, 3.8) is 0 Å². The van der Waals surface area contributed by atoms with Crippen LogP contribution in [0.4, 0.5) is 5.69 Å². The van der Waals surface area contributed by atoms with Crippen molar-refractivity contribution < 1.29 is 14.3 Å². The number of carbonyl (C=O) groups excluding carboxylic acids is 2. The van der Waals surface area contributed by atoms with E-state index in [-0.39, 0.29) is 17.9 Å². The molecule has 2 aromatic carbocycles. The molecule has 3 aliphatic rings. The second-order valence-electron chi connectivity index (χ2n) is 8.03. The van der Waals surface area contributed by atoms with Crippen LogP contribution in [0.3, 0.4) is 0 Å². The van der Waals surface area contributed by atoms with Gasteiger partial charge in [-0.2, -0.15) is 0 Å². The molecule has 0 aliphatic carbocycles. The van der Waals surface area contributed by atoms with Crippen molar-refractivity contribution in [2.45, 2.75) is 31.8 Å². The van der Waals surface area contributed by atoms with E-state index in [0.29, 0.717) is 12.3 Å². The van der Waals surface area contributed by atoms with Gasteiger partial charge in [-0.05, 0) is 50.1 Å². The molecule has 5 rings (SSSR count). The first kappa shape index (κ1) is 18.3. The van der Waals surface area contributed by atoms with Crippen LogP contribution in [-0.4, -0.2) is 47.1 Å². The fraction of sp³-hybridized carbons (Fsp3) is 0.391. The van der Waals surface area contributed by atoms with Gasteiger partial charge < -0.3 is 4.74 Å². The zero-order valence-corrected chi connectivity index (χ0v) is 16.7. The Kier molecular flexibility index (Phi) is 4.22. The van der Waals surface area contributed by atoms with Gasteiger partial charge in [0.15, 0.2) is 0 Å². The van der Waals surface area contributed by atoms with E-state index in [4.69, 9.17) is 4.74 Å². The molecule has 2 aromatic rings. The Morgan fingerprint density at radius 1 is 1.03 bits per heavy atom. The number of fused-ring (bicyclic) bond motifs is 3. The summed E-state index contributed by atoms with van der Waals surface area (Å²) in [6.07, 6.45) is 0.996. The normalized spacial score (nSPS) is 29.4. The van der Waals surface area contributed by atoms with Crippen LogP contribution in [0.1, 0.15) is 31.9 Å². The Bertz CT molecular complexity index is 946. The maximum absolute atomic E-state index is 13.7. The number of hydrazine groups is 1. The van der Waals surface area contributed by atoms with E-state index in [9.17, 15) is 9.59 Å². The summed E-state index contributed by atoms with van der Waals surface area (Å²) in [5.74, 6) is 0.0470. The van der Waals surface area contributed by atoms with E-state index in [0.717, 1.165) is 30.8 Å². The van der Waals surface area contributed by atoms with Crippen molar-refractivity contribution in [2.75, 3.05) is 24.6 Å². The first-order valence-electron chi connectivity index (χ1n) is 10.3. The van der Waals surface area contributed by atoms with Crippen LogP contribution in [0.5, 0.6) is 5.75 Å². The van der Waals surface area contributed by atoms with Crippen molar-refractivity contribution in [3.05, 3.63) is 60.2 Å². The van der Waals surface area contributed by atoms with Gasteiger partial charge in [0.2, 0.25) is 5.91 Å². The van der Waals surface area contributed by atoms with Crippen LogP contribution in [0.2, 0.25) is 0 Å². The van der Waals surface area contributed by atoms with Crippen LogP contribution in [0, 0.1) is 5.92 Å². The molecule has 2 amide bonds. The predicted molar refractivity (Wildman–Crippen MR) is 109 cm³/mol. The molecule has 0 bridgehead atoms. The highest BCUT2D eigenvalue weighted by Crippen LogP contribution is 2.54. The minimum Gasteiger partial charge on any atom is -0.494 e. The minimum absolute atomic E-state index is 0.118. The first-order chi connectivity index (χ1) is 14.1. The largest absolute Gasteiger partial charge is 0.494 e. The highest BCUT2D eigenvalue weighted by atomic mass is 16.5. The summed E-state index contributed by atoms with van der Waals surface area (Å²) in [7, 11) is 0. The average Bonchev–Trinajstić information content (AvgIpc) is 3.36. The van der Waals surface area contributed by atoms with Gasteiger partial charge in [-0.1, -0.05) is 30.3 Å². The van der Waals surface area contributed by atoms with E-state index in [2.05, 4.69) is 22.2 Å². The van der Waals surface area contributed by atoms with Crippen molar-refractivity contribution in [3.8, 4) is 5.75 Å². The fourth-order valence-electron chi connectivity index (χ4n) is 5.26. The van der Waals surface area contributed by atoms with Gasteiger partial charge in [-0.25, -0.2) is 14.9 Å². The van der Waals surface area contributed by atoms with Gasteiger partial charge >= 0.3 is 0 Å². The minimum atomic E-state index is -0.854. The lowest BCUT2D eigenvalue weighted by Crippen LogP contribution is -2.52. The molecule has 150 valence electrons. The monoisotopic (exact) mass is 391 g/mol. The molecule has 3 atom stereocenters. The molecular formula is C23H25N3O3. The van der Waals surface area contributed by atoms with Gasteiger partial charge in [0.25, 0.3) is 5.91 Å². The van der Waals surface area contributed by atoms with E-state index in [1.54, 1.807) is 12.1 Å². The van der Waals surface area contributed by atoms with Crippen molar-refractivity contribution >= 4 is 17.5 Å². The lowest BCUT2D eigenvalue weighted by atomic mass is 9.81. The zero-order valence-electron chi connectivity index (χ0n) is 16.7. The van der Waals surface area contributed by atoms with E-state index in [1.165, 1.54) is 4.90 Å². The van der Waals surface area contributed by atoms with Crippen LogP contribution in [0.15, 0.2) is 54.6 Å². The maximum Gasteiger partial charge on any atom is 0.256 e. The Morgan fingerprint density at radius 2 is 1.76 bits per heavy atom. The Morgan fingerprint density at radius 3 is 2.45 bits per heavy atom. The molecule has 6 heteroatoms. The number of imide groups is 1. The molecule has 0 radical (unpaired) electrons. The second-order valence-corrected chi connectivity index (χ2v) is 8.03. The summed E-state index contributed by atoms with van der Waals surface area (Å²) >= 11 is 0. The van der Waals surface area contributed by atoms with E-state index in [1.807, 2.05) is 44.2 Å². The van der Waals surface area contributed by atoms with Crippen molar-refractivity contribution in [1.82, 2.24) is 10.0 Å². The Labute approximate surface area is 170 Å². The summed E-state index contributed by atoms with van der Waals surface area (Å²) in [6, 6.07) is 17.2. The van der Waals surface area contributed by atoms with E-state index < -0.39 is 11.5 Å². The molecule has 0 spiro atoms. The third-order valence-corrected chi connectivity index (χ3v) is 6.52. The molecule has 3 heterocycles. The fourth-order valence-corrected chi connectivity index (χ4v) is 5.26. The number of anilines is 1. The van der Waals surface area contributed by atoms with Crippen molar-refractivity contribution in [2.24, 2.45) is 5.92 Å². The topological polar surface area (TPSA) is 53.1 Å². The molecular weight excluding hydrogens is 366 g/mol. The van der Waals surface area contributed by atoms with Crippen LogP contribution < -0.4 is 9.64 Å². The third kappa shape index (κ3) is 2.49. The number of amides is 2. The molecule has 29 heavy (non-hydrogen) atoms. The standard InChI is InChI=1S/C23H25N3O3/c1-3-29-18-12-10-17(11-13-18)26-21(27)19-20(16-8-5-4-6-9-16)24-14-7-15-25(24)23(19,2)22(26)28/h4-6,8-13,19-20H,3,7,14-15H2,1-2H3/t19-,20+,23+/m0/s1. The average molecular weight is 391 g/mol. The predicted octanol–water partition coefficient (Wildman–Crippen LogP) is 3.01. The highest BCUT2D eigenvalue weighted by Gasteiger charge is 2.70. The SMILES string of the molecule is CCOc1ccc(N2C(=O)[C@@H]3[C@@H](c4ccccc4)N4CCCN4[C@@]3(C)C2=O)cc1. The summed E-state index contributed by atoms with van der Waals surface area (Å²) in [5.41, 5.74) is 0.839. The van der Waals surface area contributed by atoms with Gasteiger partial charge in [0, 0.05) is 13.1 Å². The zero-order chi connectivity index (χ0) is 20.2. The number of nitrogens with zero attached hydrogens (tertiary/aromatic N) is 3. The van der Waals surface area contributed by atoms with Gasteiger partial charge in [0.05, 0.1) is 24.3 Å². The number of hydrogen-bond acceptors (Lipinski definition) is 5. The summed E-state index contributed by atoms with van der Waals surface area (Å²) in [4.78, 5) is 28.7. The molecule has 3 fully saturated rings. The molecule has 0 unspecified atom stereocenters. The molecule has 0 saturated carbocycles. The first-order valence-corrected chi connectivity index (χ1v) is 10.3. The number of ether oxygens (including phenoxy) is 1. The Balaban J connectivity index is 1.57. The number of rotatable bonds is 4. The van der Waals surface area contributed by atoms with Gasteiger partial charge in [0.1, 0.15) is 11.3 Å². The molecule has 3 saturated heterocycles. The molecule has 6 nitrogen and oxygen atoms in total. The number of hydrogen-bond donors (Lipinski definition) is 0. The molecule has 3 aliphatic heterocycles. The van der Waals surface area contributed by atoms with Gasteiger partial charge in [-0.15, -0.1) is 0 Å². The van der Waals surface area contributed by atoms with Gasteiger partial charge in [-0.3, -0.25) is 9.59 Å².